The van der Waals surface area contributed by atoms with Gasteiger partial charge in [0.1, 0.15) is 24.0 Å². The standard InChI is InChI=1S/C23H26FN7O2.C7H6FNO2/c1-13(2)30-22-23(33)31(19(11-29-22)16-7-17(24)9-18(25)8-16)12-20(32)28-10-14-3-5-15(6-4-14)21(26)27;1-5-2-6(8)4-7(3-5)9(10)11/h3-9,11,13H,10,12,25H2,1-2H3,(H3,26,27)(H,28,32)(H,29,30);2-4H,1H3. The molecule has 0 bridgehead atoms. The van der Waals surface area contributed by atoms with Crippen LogP contribution in [0.1, 0.15) is 30.5 Å². The molecule has 1 amide bonds. The largest absolute Gasteiger partial charge is 0.399 e. The van der Waals surface area contributed by atoms with Gasteiger partial charge in [-0.3, -0.25) is 29.7 Å². The molecule has 0 aliphatic carbocycles. The minimum Gasteiger partial charge on any atom is -0.399 e. The van der Waals surface area contributed by atoms with Gasteiger partial charge in [0.25, 0.3) is 11.2 Å². The van der Waals surface area contributed by atoms with Crippen LogP contribution in [-0.4, -0.2) is 32.3 Å². The van der Waals surface area contributed by atoms with Crippen molar-refractivity contribution in [2.45, 2.75) is 39.9 Å². The summed E-state index contributed by atoms with van der Waals surface area (Å²) < 4.78 is 27.7. The van der Waals surface area contributed by atoms with E-state index in [-0.39, 0.29) is 47.9 Å². The Labute approximate surface area is 251 Å². The Morgan fingerprint density at radius 1 is 1.09 bits per heavy atom. The summed E-state index contributed by atoms with van der Waals surface area (Å²) in [6, 6.07) is 14.2. The molecular formula is C30H32F2N8O4. The molecule has 0 spiro atoms. The molecule has 0 aliphatic rings. The maximum atomic E-state index is 13.9. The van der Waals surface area contributed by atoms with Gasteiger partial charge in [0.2, 0.25) is 5.91 Å². The van der Waals surface area contributed by atoms with E-state index in [0.717, 1.165) is 17.7 Å². The third-order valence-corrected chi connectivity index (χ3v) is 5.99. The smallest absolute Gasteiger partial charge is 0.294 e. The molecule has 230 valence electrons. The molecule has 0 unspecified atom stereocenters. The fourth-order valence-corrected chi connectivity index (χ4v) is 4.03. The molecule has 4 aromatic rings. The molecule has 1 heterocycles. The van der Waals surface area contributed by atoms with Crippen LogP contribution < -0.4 is 27.7 Å². The lowest BCUT2D eigenvalue weighted by Crippen LogP contribution is -2.35. The summed E-state index contributed by atoms with van der Waals surface area (Å²) in [5.41, 5.74) is 13.2. The number of non-ortho nitro benzene ring substituents is 1. The highest BCUT2D eigenvalue weighted by Gasteiger charge is 2.16. The molecule has 0 saturated heterocycles. The van der Waals surface area contributed by atoms with Crippen LogP contribution in [-0.2, 0) is 17.9 Å². The van der Waals surface area contributed by atoms with Crippen molar-refractivity contribution in [1.82, 2.24) is 14.9 Å². The zero-order chi connectivity index (χ0) is 32.6. The fourth-order valence-electron chi connectivity index (χ4n) is 4.03. The summed E-state index contributed by atoms with van der Waals surface area (Å²) >= 11 is 0. The van der Waals surface area contributed by atoms with Crippen LogP contribution in [0.5, 0.6) is 0 Å². The second-order valence-electron chi connectivity index (χ2n) is 10.1. The molecular weight excluding hydrogens is 574 g/mol. The van der Waals surface area contributed by atoms with Gasteiger partial charge < -0.3 is 22.1 Å². The number of nitrogens with one attached hydrogen (secondary N) is 3. The number of carbonyl (C=O) groups excluding carboxylic acids is 1. The molecule has 0 fully saturated rings. The number of hydrogen-bond acceptors (Lipinski definition) is 8. The number of hydrogen-bond donors (Lipinski definition) is 5. The van der Waals surface area contributed by atoms with Gasteiger partial charge in [0, 0.05) is 35.5 Å². The van der Waals surface area contributed by atoms with Crippen molar-refractivity contribution >= 4 is 28.9 Å². The Kier molecular flexibility index (Phi) is 10.8. The first-order chi connectivity index (χ1) is 20.7. The van der Waals surface area contributed by atoms with E-state index in [2.05, 4.69) is 15.6 Å². The number of amides is 1. The minimum atomic E-state index is -0.615. The first-order valence-corrected chi connectivity index (χ1v) is 13.3. The monoisotopic (exact) mass is 606 g/mol. The highest BCUT2D eigenvalue weighted by Crippen LogP contribution is 2.22. The van der Waals surface area contributed by atoms with Gasteiger partial charge in [-0.15, -0.1) is 0 Å². The summed E-state index contributed by atoms with van der Waals surface area (Å²) in [7, 11) is 0. The first-order valence-electron chi connectivity index (χ1n) is 13.3. The number of carbonyl (C=O) groups is 1. The summed E-state index contributed by atoms with van der Waals surface area (Å²) in [6.07, 6.45) is 1.41. The van der Waals surface area contributed by atoms with Gasteiger partial charge in [-0.05, 0) is 56.2 Å². The number of nitrogen functional groups attached to an aromatic ring is 2. The van der Waals surface area contributed by atoms with Gasteiger partial charge in [-0.25, -0.2) is 13.8 Å². The van der Waals surface area contributed by atoms with Gasteiger partial charge in [0.05, 0.1) is 22.9 Å². The molecule has 0 aliphatic heterocycles. The third kappa shape index (κ3) is 9.17. The zero-order valence-electron chi connectivity index (χ0n) is 24.2. The van der Waals surface area contributed by atoms with Crippen LogP contribution >= 0.6 is 0 Å². The predicted octanol–water partition coefficient (Wildman–Crippen LogP) is 4.09. The second-order valence-corrected chi connectivity index (χ2v) is 10.1. The Bertz CT molecular complexity index is 1700. The van der Waals surface area contributed by atoms with Crippen molar-refractivity contribution in [3.8, 4) is 11.3 Å². The van der Waals surface area contributed by atoms with E-state index in [1.807, 2.05) is 13.8 Å². The van der Waals surface area contributed by atoms with E-state index < -0.39 is 28.0 Å². The Morgan fingerprint density at radius 3 is 2.32 bits per heavy atom. The molecule has 0 saturated carbocycles. The highest BCUT2D eigenvalue weighted by atomic mass is 19.1. The van der Waals surface area contributed by atoms with E-state index in [0.29, 0.717) is 16.7 Å². The Balaban J connectivity index is 0.000000404. The van der Waals surface area contributed by atoms with E-state index in [1.54, 1.807) is 31.2 Å². The number of benzene rings is 3. The lowest BCUT2D eigenvalue weighted by Gasteiger charge is -2.16. The number of aromatic nitrogens is 2. The van der Waals surface area contributed by atoms with Crippen molar-refractivity contribution in [1.29, 1.82) is 5.41 Å². The zero-order valence-corrected chi connectivity index (χ0v) is 24.2. The van der Waals surface area contributed by atoms with E-state index in [1.165, 1.54) is 35.0 Å². The average Bonchev–Trinajstić information content (AvgIpc) is 2.93. The van der Waals surface area contributed by atoms with E-state index >= 15 is 0 Å². The number of nitro benzene ring substituents is 1. The molecule has 3 aromatic carbocycles. The number of rotatable bonds is 9. The highest BCUT2D eigenvalue weighted by molar-refractivity contribution is 5.94. The SMILES string of the molecule is CC(C)Nc1ncc(-c2cc(N)cc(F)c2)n(CC(=O)NCc2ccc(C(=N)N)cc2)c1=O.Cc1cc(F)cc([N+](=O)[O-])c1. The average molecular weight is 607 g/mol. The van der Waals surface area contributed by atoms with Crippen LogP contribution in [0.25, 0.3) is 11.3 Å². The number of nitrogens with zero attached hydrogens (tertiary/aromatic N) is 3. The summed E-state index contributed by atoms with van der Waals surface area (Å²) in [6.45, 7) is 5.24. The van der Waals surface area contributed by atoms with Crippen LogP contribution in [0, 0.1) is 34.1 Å². The van der Waals surface area contributed by atoms with Crippen molar-refractivity contribution in [3.05, 3.63) is 116 Å². The van der Waals surface area contributed by atoms with Crippen LogP contribution in [0.2, 0.25) is 0 Å². The molecule has 4 rings (SSSR count). The molecule has 7 N–H and O–H groups in total. The molecule has 1 aromatic heterocycles. The number of nitrogens with two attached hydrogens (primary N) is 2. The molecule has 0 atom stereocenters. The van der Waals surface area contributed by atoms with E-state index in [4.69, 9.17) is 16.9 Å². The lowest BCUT2D eigenvalue weighted by atomic mass is 10.1. The third-order valence-electron chi connectivity index (χ3n) is 5.99. The number of nitro groups is 1. The van der Waals surface area contributed by atoms with Crippen molar-refractivity contribution in [2.75, 3.05) is 11.1 Å². The topological polar surface area (TPSA) is 195 Å². The summed E-state index contributed by atoms with van der Waals surface area (Å²) in [5.74, 6) is -1.51. The van der Waals surface area contributed by atoms with Gasteiger partial charge in [0.15, 0.2) is 5.82 Å². The maximum absolute atomic E-state index is 13.9. The number of amidine groups is 1. The van der Waals surface area contributed by atoms with Crippen LogP contribution in [0.15, 0.2) is 71.7 Å². The van der Waals surface area contributed by atoms with Gasteiger partial charge in [-0.2, -0.15) is 0 Å². The summed E-state index contributed by atoms with van der Waals surface area (Å²) in [5, 5.41) is 23.3. The molecule has 0 radical (unpaired) electrons. The van der Waals surface area contributed by atoms with Crippen LogP contribution in [0.4, 0.5) is 26.0 Å². The van der Waals surface area contributed by atoms with E-state index in [9.17, 15) is 28.5 Å². The minimum absolute atomic E-state index is 0.0426. The Morgan fingerprint density at radius 2 is 1.75 bits per heavy atom. The first kappa shape index (κ1) is 32.8. The molecule has 12 nitrogen and oxygen atoms in total. The second kappa shape index (κ2) is 14.5. The van der Waals surface area contributed by atoms with Crippen LogP contribution in [0.3, 0.4) is 0 Å². The number of halogens is 2. The lowest BCUT2D eigenvalue weighted by molar-refractivity contribution is -0.385. The molecule has 14 heteroatoms. The van der Waals surface area contributed by atoms with Gasteiger partial charge >= 0.3 is 0 Å². The number of aryl methyl sites for hydroxylation is 1. The quantitative estimate of drug-likeness (QED) is 0.0617. The maximum Gasteiger partial charge on any atom is 0.294 e. The van der Waals surface area contributed by atoms with Crippen molar-refractivity contribution in [3.63, 3.8) is 0 Å². The number of anilines is 2. The van der Waals surface area contributed by atoms with Crippen molar-refractivity contribution < 1.29 is 18.5 Å². The fraction of sp³-hybridized carbons (Fsp3) is 0.200. The normalized spacial score (nSPS) is 10.5. The summed E-state index contributed by atoms with van der Waals surface area (Å²) in [4.78, 5) is 39.5. The predicted molar refractivity (Wildman–Crippen MR) is 164 cm³/mol. The Hall–Kier alpha value is -5.66. The molecule has 44 heavy (non-hydrogen) atoms. The van der Waals surface area contributed by atoms with Gasteiger partial charge in [-0.1, -0.05) is 24.3 Å². The van der Waals surface area contributed by atoms with Crippen molar-refractivity contribution in [2.24, 2.45) is 5.73 Å².